The van der Waals surface area contributed by atoms with Gasteiger partial charge in [-0.05, 0) is 36.8 Å². The number of nitrogens with two attached hydrogens (primary N) is 1. The highest BCUT2D eigenvalue weighted by molar-refractivity contribution is 6.31. The number of nitrogens with zero attached hydrogens (tertiary/aromatic N) is 3. The van der Waals surface area contributed by atoms with E-state index in [4.69, 9.17) is 17.3 Å². The van der Waals surface area contributed by atoms with E-state index in [1.54, 1.807) is 0 Å². The highest BCUT2D eigenvalue weighted by Gasteiger charge is 2.37. The van der Waals surface area contributed by atoms with E-state index in [9.17, 15) is 31.1 Å². The third-order valence-corrected chi connectivity index (χ3v) is 3.79. The number of primary amides is 1. The minimum atomic E-state index is -5.01. The average molecular weight is 451 g/mol. The maximum Gasteiger partial charge on any atom is 0.416 e. The van der Waals surface area contributed by atoms with Gasteiger partial charge < -0.3 is 5.73 Å². The van der Waals surface area contributed by atoms with Gasteiger partial charge in [-0.2, -0.15) is 26.3 Å². The zero-order chi connectivity index (χ0) is 22.9. The molecule has 0 aliphatic heterocycles. The molecule has 2 rings (SSSR count). The summed E-state index contributed by atoms with van der Waals surface area (Å²) in [5, 5.41) is 3.91. The lowest BCUT2D eigenvalue weighted by atomic mass is 10.0. The Kier molecular flexibility index (Phi) is 6.45. The van der Waals surface area contributed by atoms with E-state index in [1.807, 2.05) is 0 Å². The number of rotatable bonds is 5. The van der Waals surface area contributed by atoms with Crippen LogP contribution in [0.1, 0.15) is 18.1 Å². The number of aromatic nitrogens is 3. The van der Waals surface area contributed by atoms with Gasteiger partial charge in [0.25, 0.3) is 5.91 Å². The van der Waals surface area contributed by atoms with Crippen molar-refractivity contribution in [1.29, 1.82) is 0 Å². The zero-order valence-corrected chi connectivity index (χ0v) is 15.9. The number of carbonyl (C=O) groups excluding carboxylic acids is 1. The summed E-state index contributed by atoms with van der Waals surface area (Å²) in [7, 11) is 0. The predicted molar refractivity (Wildman–Crippen MR) is 97.7 cm³/mol. The summed E-state index contributed by atoms with van der Waals surface area (Å²) in [6.45, 7) is 4.93. The molecule has 0 fully saturated rings. The lowest BCUT2D eigenvalue weighted by Gasteiger charge is -2.13. The van der Waals surface area contributed by atoms with Crippen LogP contribution in [-0.2, 0) is 17.1 Å². The van der Waals surface area contributed by atoms with Crippen molar-refractivity contribution in [3.63, 3.8) is 0 Å². The van der Waals surface area contributed by atoms with E-state index in [-0.39, 0.29) is 16.7 Å². The molecule has 1 aromatic heterocycles. The van der Waals surface area contributed by atoms with Gasteiger partial charge in [-0.15, -0.1) is 5.10 Å². The Morgan fingerprint density at radius 2 is 1.67 bits per heavy atom. The van der Waals surface area contributed by atoms with Crippen LogP contribution >= 0.6 is 11.6 Å². The molecule has 1 aromatic carbocycles. The molecule has 0 unspecified atom stereocenters. The zero-order valence-electron chi connectivity index (χ0n) is 15.1. The molecule has 5 nitrogen and oxygen atoms in total. The number of allylic oxidation sites excluding steroid dienone is 2. The third kappa shape index (κ3) is 5.72. The first kappa shape index (κ1) is 23.2. The number of hydrogen-bond donors (Lipinski definition) is 1. The Morgan fingerprint density at radius 1 is 1.13 bits per heavy atom. The summed E-state index contributed by atoms with van der Waals surface area (Å²) in [5.41, 5.74) is 2.00. The topological polar surface area (TPSA) is 73.8 Å². The van der Waals surface area contributed by atoms with Crippen LogP contribution in [0.15, 0.2) is 53.4 Å². The molecule has 0 aliphatic carbocycles. The van der Waals surface area contributed by atoms with Gasteiger partial charge in [-0.3, -0.25) is 4.79 Å². The molecule has 0 radical (unpaired) electrons. The molecule has 1 amide bonds. The Bertz CT molecular complexity index is 1020. The number of amides is 1. The molecule has 0 atom stereocenters. The molecule has 30 heavy (non-hydrogen) atoms. The Morgan fingerprint density at radius 3 is 2.10 bits per heavy atom. The number of hydrogen-bond acceptors (Lipinski definition) is 3. The molecule has 2 N–H and O–H groups in total. The Labute approximate surface area is 171 Å². The largest absolute Gasteiger partial charge is 0.416 e. The van der Waals surface area contributed by atoms with Gasteiger partial charge in [0, 0.05) is 16.8 Å². The minimum absolute atomic E-state index is 0.00122. The van der Waals surface area contributed by atoms with Crippen molar-refractivity contribution in [2.75, 3.05) is 0 Å². The predicted octanol–water partition coefficient (Wildman–Crippen LogP) is 5.01. The van der Waals surface area contributed by atoms with E-state index in [1.165, 1.54) is 13.0 Å². The molecule has 2 aromatic rings. The van der Waals surface area contributed by atoms with Crippen LogP contribution in [-0.4, -0.2) is 20.7 Å². The molecule has 0 saturated carbocycles. The molecular weight excluding hydrogens is 438 g/mol. The fourth-order valence-corrected chi connectivity index (χ4v) is 2.52. The molecule has 0 bridgehead atoms. The van der Waals surface area contributed by atoms with Gasteiger partial charge in [0.2, 0.25) is 0 Å². The SMILES string of the molecule is C=C(Cl)/C=C(C)/C(=C\n1cnc(-c2cc(C(F)(F)F)cc(C(F)(F)F)c2)n1)C(N)=O. The van der Waals surface area contributed by atoms with Crippen LogP contribution in [0.4, 0.5) is 26.3 Å². The Balaban J connectivity index is 2.56. The molecule has 0 saturated heterocycles. The highest BCUT2D eigenvalue weighted by atomic mass is 35.5. The monoisotopic (exact) mass is 450 g/mol. The average Bonchev–Trinajstić information content (AvgIpc) is 3.05. The normalized spacial score (nSPS) is 13.5. The first-order valence-corrected chi connectivity index (χ1v) is 8.32. The van der Waals surface area contributed by atoms with E-state index in [0.29, 0.717) is 17.7 Å². The van der Waals surface area contributed by atoms with Crippen LogP contribution < -0.4 is 5.73 Å². The molecule has 1 heterocycles. The van der Waals surface area contributed by atoms with Gasteiger partial charge in [0.15, 0.2) is 5.82 Å². The molecular formula is C18H13ClF6N4O. The summed E-state index contributed by atoms with van der Waals surface area (Å²) in [4.78, 5) is 15.4. The van der Waals surface area contributed by atoms with Crippen LogP contribution in [0.2, 0.25) is 0 Å². The smallest absolute Gasteiger partial charge is 0.366 e. The van der Waals surface area contributed by atoms with Crippen molar-refractivity contribution in [2.45, 2.75) is 19.3 Å². The molecule has 12 heteroatoms. The summed E-state index contributed by atoms with van der Waals surface area (Å²) in [5.74, 6) is -1.30. The second kappa shape index (κ2) is 8.34. The lowest BCUT2D eigenvalue weighted by Crippen LogP contribution is -2.15. The van der Waals surface area contributed by atoms with Gasteiger partial charge in [0.1, 0.15) is 6.33 Å². The van der Waals surface area contributed by atoms with Crippen molar-refractivity contribution in [3.8, 4) is 11.4 Å². The number of halogens is 7. The summed E-state index contributed by atoms with van der Waals surface area (Å²) in [6, 6.07) is 0.991. The number of alkyl halides is 6. The van der Waals surface area contributed by atoms with Crippen molar-refractivity contribution < 1.29 is 31.1 Å². The fourth-order valence-electron chi connectivity index (χ4n) is 2.36. The first-order chi connectivity index (χ1) is 13.7. The second-order valence-corrected chi connectivity index (χ2v) is 6.51. The van der Waals surface area contributed by atoms with E-state index in [2.05, 4.69) is 16.7 Å². The first-order valence-electron chi connectivity index (χ1n) is 7.94. The van der Waals surface area contributed by atoms with E-state index < -0.39 is 40.8 Å². The molecule has 0 aliphatic rings. The number of benzene rings is 1. The fraction of sp³-hybridized carbons (Fsp3) is 0.167. The second-order valence-electron chi connectivity index (χ2n) is 6.02. The highest BCUT2D eigenvalue weighted by Crippen LogP contribution is 2.38. The van der Waals surface area contributed by atoms with Crippen LogP contribution in [0, 0.1) is 0 Å². The van der Waals surface area contributed by atoms with Crippen LogP contribution in [0.25, 0.3) is 17.6 Å². The summed E-state index contributed by atoms with van der Waals surface area (Å²) >= 11 is 5.64. The van der Waals surface area contributed by atoms with Crippen molar-refractivity contribution in [1.82, 2.24) is 14.8 Å². The number of carbonyl (C=O) groups is 1. The standard InChI is InChI=1S/C18H13ClF6N4O/c1-9(3-10(2)19)14(15(26)30)7-29-8-27-16(28-29)11-4-12(17(20,21)22)6-13(5-11)18(23,24)25/h3-8H,2H2,1H3,(H2,26,30)/b9-3+,14-7+. The van der Waals surface area contributed by atoms with E-state index >= 15 is 0 Å². The van der Waals surface area contributed by atoms with Crippen LogP contribution in [0.3, 0.4) is 0 Å². The van der Waals surface area contributed by atoms with Crippen LogP contribution in [0.5, 0.6) is 0 Å². The van der Waals surface area contributed by atoms with Crippen molar-refractivity contribution in [3.05, 3.63) is 64.5 Å². The van der Waals surface area contributed by atoms with Gasteiger partial charge in [-0.1, -0.05) is 18.2 Å². The van der Waals surface area contributed by atoms with E-state index in [0.717, 1.165) is 17.2 Å². The maximum absolute atomic E-state index is 13.0. The van der Waals surface area contributed by atoms with Crippen molar-refractivity contribution >= 4 is 23.7 Å². The van der Waals surface area contributed by atoms with Gasteiger partial charge in [-0.25, -0.2) is 9.67 Å². The maximum atomic E-state index is 13.0. The minimum Gasteiger partial charge on any atom is -0.366 e. The quantitative estimate of drug-likeness (QED) is 0.395. The third-order valence-electron chi connectivity index (χ3n) is 3.68. The van der Waals surface area contributed by atoms with Gasteiger partial charge in [0.05, 0.1) is 16.7 Å². The summed E-state index contributed by atoms with van der Waals surface area (Å²) in [6.07, 6.45) is -6.59. The molecule has 160 valence electrons. The van der Waals surface area contributed by atoms with Gasteiger partial charge >= 0.3 is 12.4 Å². The summed E-state index contributed by atoms with van der Waals surface area (Å²) < 4.78 is 79.0. The van der Waals surface area contributed by atoms with Crippen molar-refractivity contribution in [2.24, 2.45) is 5.73 Å². The Hall–Kier alpha value is -3.08. The molecule has 0 spiro atoms. The lowest BCUT2D eigenvalue weighted by molar-refractivity contribution is -0.143.